The van der Waals surface area contributed by atoms with Crippen LogP contribution in [-0.2, 0) is 14.2 Å². The highest BCUT2D eigenvalue weighted by molar-refractivity contribution is 4.30. The third kappa shape index (κ3) is 23.5. The van der Waals surface area contributed by atoms with Gasteiger partial charge in [-0.1, -0.05) is 6.92 Å². The summed E-state index contributed by atoms with van der Waals surface area (Å²) in [6, 6.07) is 0. The van der Waals surface area contributed by atoms with Gasteiger partial charge >= 0.3 is 0 Å². The summed E-state index contributed by atoms with van der Waals surface area (Å²) >= 11 is 0. The van der Waals surface area contributed by atoms with Crippen molar-refractivity contribution in [3.8, 4) is 0 Å². The number of hydrogen-bond donors (Lipinski definition) is 2. The summed E-state index contributed by atoms with van der Waals surface area (Å²) in [4.78, 5) is 0. The molecule has 16 heavy (non-hydrogen) atoms. The molecule has 0 saturated carbocycles. The van der Waals surface area contributed by atoms with Crippen LogP contribution in [-0.4, -0.2) is 63.1 Å². The van der Waals surface area contributed by atoms with Gasteiger partial charge < -0.3 is 24.4 Å². The third-order valence-electron chi connectivity index (χ3n) is 1.40. The van der Waals surface area contributed by atoms with E-state index in [4.69, 9.17) is 24.4 Å². The molecule has 0 atom stereocenters. The average molecular weight is 238 g/mol. The quantitative estimate of drug-likeness (QED) is 0.540. The molecule has 0 radical (unpaired) electrons. The second kappa shape index (κ2) is 20.2. The first-order valence-electron chi connectivity index (χ1n) is 5.78. The predicted octanol–water partition coefficient (Wildman–Crippen LogP) is 0.437. The van der Waals surface area contributed by atoms with E-state index in [-0.39, 0.29) is 13.2 Å². The zero-order valence-corrected chi connectivity index (χ0v) is 10.5. The first-order chi connectivity index (χ1) is 7.83. The monoisotopic (exact) mass is 238 g/mol. The fourth-order valence-corrected chi connectivity index (χ4v) is 0.740. The fraction of sp³-hybridized carbons (Fsp3) is 1.00. The maximum Gasteiger partial charge on any atom is 0.0701 e. The Morgan fingerprint density at radius 2 is 1.19 bits per heavy atom. The minimum atomic E-state index is 0.0417. The molecule has 0 heterocycles. The smallest absolute Gasteiger partial charge is 0.0701 e. The number of hydrogen-bond acceptors (Lipinski definition) is 5. The number of aliphatic hydroxyl groups excluding tert-OH is 2. The summed E-state index contributed by atoms with van der Waals surface area (Å²) in [5, 5.41) is 16.5. The Labute approximate surface area is 98.3 Å². The van der Waals surface area contributed by atoms with Gasteiger partial charge in [0, 0.05) is 13.2 Å². The van der Waals surface area contributed by atoms with E-state index in [1.807, 2.05) is 6.92 Å². The van der Waals surface area contributed by atoms with Crippen LogP contribution < -0.4 is 0 Å². The van der Waals surface area contributed by atoms with Gasteiger partial charge in [0.2, 0.25) is 0 Å². The number of ether oxygens (including phenoxy) is 3. The average Bonchev–Trinajstić information content (AvgIpc) is 2.32. The standard InChI is InChI=1S/C6H14O4.C5H12O/c7-1-3-9-5-6-10-4-2-8;1-3-5-6-4-2/h7-8H,1-6H2;3-5H2,1-2H3. The zero-order valence-electron chi connectivity index (χ0n) is 10.5. The molecule has 0 spiro atoms. The Morgan fingerprint density at radius 3 is 1.44 bits per heavy atom. The molecule has 2 N–H and O–H groups in total. The molecule has 0 aliphatic heterocycles. The normalized spacial score (nSPS) is 9.75. The van der Waals surface area contributed by atoms with Gasteiger partial charge in [0.15, 0.2) is 0 Å². The van der Waals surface area contributed by atoms with Crippen LogP contribution in [0.15, 0.2) is 0 Å². The minimum absolute atomic E-state index is 0.0417. The Kier molecular flexibility index (Phi) is 23.0. The minimum Gasteiger partial charge on any atom is -0.394 e. The maximum absolute atomic E-state index is 8.26. The van der Waals surface area contributed by atoms with E-state index < -0.39 is 0 Å². The Morgan fingerprint density at radius 1 is 0.688 bits per heavy atom. The van der Waals surface area contributed by atoms with Gasteiger partial charge in [0.05, 0.1) is 39.6 Å². The molecule has 0 aliphatic carbocycles. The van der Waals surface area contributed by atoms with E-state index in [1.54, 1.807) is 0 Å². The second-order valence-electron chi connectivity index (χ2n) is 2.87. The summed E-state index contributed by atoms with van der Waals surface area (Å²) in [7, 11) is 0. The SMILES string of the molecule is CCCOCC.OCCOCCOCCO. The van der Waals surface area contributed by atoms with E-state index in [0.717, 1.165) is 19.6 Å². The Bertz CT molecular complexity index is 88.4. The van der Waals surface area contributed by atoms with Gasteiger partial charge in [-0.05, 0) is 13.3 Å². The lowest BCUT2D eigenvalue weighted by atomic mass is 10.5. The molecular weight excluding hydrogens is 212 g/mol. The molecule has 5 heteroatoms. The summed E-state index contributed by atoms with van der Waals surface area (Å²) in [5.74, 6) is 0. The van der Waals surface area contributed by atoms with Crippen LogP contribution in [0.5, 0.6) is 0 Å². The Hall–Kier alpha value is -0.200. The first-order valence-corrected chi connectivity index (χ1v) is 5.78. The lowest BCUT2D eigenvalue weighted by molar-refractivity contribution is 0.0222. The van der Waals surface area contributed by atoms with Crippen molar-refractivity contribution in [2.24, 2.45) is 0 Å². The van der Waals surface area contributed by atoms with Gasteiger partial charge in [0.1, 0.15) is 0 Å². The van der Waals surface area contributed by atoms with Crippen molar-refractivity contribution in [1.82, 2.24) is 0 Å². The second-order valence-corrected chi connectivity index (χ2v) is 2.87. The first kappa shape index (κ1) is 18.2. The molecule has 0 aromatic heterocycles. The molecule has 0 fully saturated rings. The number of aliphatic hydroxyl groups is 2. The Balaban J connectivity index is 0. The maximum atomic E-state index is 8.26. The van der Waals surface area contributed by atoms with Crippen LogP contribution in [0.25, 0.3) is 0 Å². The largest absolute Gasteiger partial charge is 0.394 e. The molecule has 100 valence electrons. The van der Waals surface area contributed by atoms with Crippen LogP contribution in [0.3, 0.4) is 0 Å². The molecular formula is C11H26O5. The van der Waals surface area contributed by atoms with Crippen LogP contribution in [0.4, 0.5) is 0 Å². The molecule has 5 nitrogen and oxygen atoms in total. The van der Waals surface area contributed by atoms with Gasteiger partial charge in [-0.3, -0.25) is 0 Å². The molecule has 0 unspecified atom stereocenters. The number of rotatable bonds is 10. The lowest BCUT2D eigenvalue weighted by Gasteiger charge is -2.01. The molecule has 0 aromatic carbocycles. The van der Waals surface area contributed by atoms with Crippen LogP contribution >= 0.6 is 0 Å². The van der Waals surface area contributed by atoms with E-state index in [1.165, 1.54) is 0 Å². The van der Waals surface area contributed by atoms with Gasteiger partial charge in [-0.15, -0.1) is 0 Å². The van der Waals surface area contributed by atoms with Gasteiger partial charge in [0.25, 0.3) is 0 Å². The van der Waals surface area contributed by atoms with Gasteiger partial charge in [-0.25, -0.2) is 0 Å². The molecule has 0 aromatic rings. The van der Waals surface area contributed by atoms with E-state index in [9.17, 15) is 0 Å². The van der Waals surface area contributed by atoms with Crippen LogP contribution in [0, 0.1) is 0 Å². The molecule has 0 amide bonds. The van der Waals surface area contributed by atoms with Crippen LogP contribution in [0.2, 0.25) is 0 Å². The van der Waals surface area contributed by atoms with Crippen molar-refractivity contribution >= 4 is 0 Å². The van der Waals surface area contributed by atoms with E-state index in [2.05, 4.69) is 6.92 Å². The summed E-state index contributed by atoms with van der Waals surface area (Å²) in [6.45, 7) is 7.61. The third-order valence-corrected chi connectivity index (χ3v) is 1.40. The molecule has 0 aliphatic rings. The van der Waals surface area contributed by atoms with Gasteiger partial charge in [-0.2, -0.15) is 0 Å². The highest BCUT2D eigenvalue weighted by Crippen LogP contribution is 1.77. The highest BCUT2D eigenvalue weighted by Gasteiger charge is 1.86. The van der Waals surface area contributed by atoms with Crippen LogP contribution in [0.1, 0.15) is 20.3 Å². The molecule has 0 rings (SSSR count). The highest BCUT2D eigenvalue weighted by atomic mass is 16.5. The van der Waals surface area contributed by atoms with Crippen molar-refractivity contribution < 1.29 is 24.4 Å². The summed E-state index contributed by atoms with van der Waals surface area (Å²) < 4.78 is 14.7. The zero-order chi connectivity index (χ0) is 12.5. The van der Waals surface area contributed by atoms with E-state index >= 15 is 0 Å². The van der Waals surface area contributed by atoms with Crippen molar-refractivity contribution in [3.63, 3.8) is 0 Å². The van der Waals surface area contributed by atoms with Crippen molar-refractivity contribution in [2.75, 3.05) is 52.9 Å². The predicted molar refractivity (Wildman–Crippen MR) is 62.6 cm³/mol. The molecule has 0 saturated heterocycles. The van der Waals surface area contributed by atoms with Crippen molar-refractivity contribution in [2.45, 2.75) is 20.3 Å². The fourth-order valence-electron chi connectivity index (χ4n) is 0.740. The molecule has 0 bridgehead atoms. The topological polar surface area (TPSA) is 68.2 Å². The summed E-state index contributed by atoms with van der Waals surface area (Å²) in [6.07, 6.45) is 1.13. The van der Waals surface area contributed by atoms with E-state index in [0.29, 0.717) is 26.4 Å². The summed E-state index contributed by atoms with van der Waals surface area (Å²) in [5.41, 5.74) is 0. The van der Waals surface area contributed by atoms with Crippen molar-refractivity contribution in [1.29, 1.82) is 0 Å². The van der Waals surface area contributed by atoms with Crippen molar-refractivity contribution in [3.05, 3.63) is 0 Å². The lowest BCUT2D eigenvalue weighted by Crippen LogP contribution is -2.09.